The molecule has 3 unspecified atom stereocenters. The number of unbranched alkanes of at least 4 members (excludes halogenated alkanes) is 24. The molecule has 0 aliphatic carbocycles. The minimum atomic E-state index is -0.800. The normalized spacial score (nSPS) is 13.9. The highest BCUT2D eigenvalue weighted by Crippen LogP contribution is 2.17. The Kier molecular flexibility index (Phi) is 45.2. The summed E-state index contributed by atoms with van der Waals surface area (Å²) in [6.07, 6.45) is 59.5. The third kappa shape index (κ3) is 42.0. The first-order chi connectivity index (χ1) is 29.5. The summed E-state index contributed by atoms with van der Waals surface area (Å²) in [5.74, 6) is -0.534. The van der Waals surface area contributed by atoms with Crippen LogP contribution in [0, 0.1) is 0 Å². The average molecular weight is 838 g/mol. The number of carbonyl (C=O) groups excluding carboxylic acids is 2. The van der Waals surface area contributed by atoms with E-state index in [-0.39, 0.29) is 24.9 Å². The van der Waals surface area contributed by atoms with Gasteiger partial charge < -0.3 is 20.3 Å². The number of hydrogen-bond donors (Lipinski definition) is 3. The second kappa shape index (κ2) is 47.4. The summed E-state index contributed by atoms with van der Waals surface area (Å²) in [4.78, 5) is 26.1. The third-order valence-electron chi connectivity index (χ3n) is 11.1. The smallest absolute Gasteiger partial charge is 0.306 e. The molecule has 3 atom stereocenters. The molecule has 0 bridgehead atoms. The fourth-order valence-electron chi connectivity index (χ4n) is 7.28. The molecule has 0 aromatic heterocycles. The van der Waals surface area contributed by atoms with E-state index in [0.29, 0.717) is 19.3 Å². The molecular weight excluding hydrogens is 743 g/mol. The summed E-state index contributed by atoms with van der Waals surface area (Å²) >= 11 is 0. The number of nitrogens with one attached hydrogen (secondary N) is 1. The number of rotatable bonds is 44. The summed E-state index contributed by atoms with van der Waals surface area (Å²) in [7, 11) is 0. The van der Waals surface area contributed by atoms with Crippen molar-refractivity contribution in [1.29, 1.82) is 0 Å². The summed E-state index contributed by atoms with van der Waals surface area (Å²) in [6, 6.07) is -0.717. The monoisotopic (exact) mass is 838 g/mol. The van der Waals surface area contributed by atoms with Crippen molar-refractivity contribution >= 4 is 11.9 Å². The second-order valence-corrected chi connectivity index (χ2v) is 17.0. The standard InChI is InChI=1S/C54H95NO5/c1-4-7-10-13-16-19-22-24-25-26-27-28-29-32-35-38-41-44-47-54(59)60-50(45-42-39-36-33-31-23-20-17-14-11-8-5-2)48-53(58)55-51(49-56)52(57)46-43-40-37-34-30-21-18-15-12-9-6-3/h10,13,16,19,22,24-28,33,36,50-52,56-57H,4-9,11-12,14-15,17-18,20-21,23,29-32,34-35,37-49H2,1-3H3,(H,55,58)/b13-10+,19-16+,24-22+,26-25+,28-27+,36-33-. The molecule has 3 N–H and O–H groups in total. The van der Waals surface area contributed by atoms with Crippen LogP contribution in [0.25, 0.3) is 0 Å². The second-order valence-electron chi connectivity index (χ2n) is 17.0. The van der Waals surface area contributed by atoms with Crippen LogP contribution in [0.1, 0.15) is 233 Å². The number of ether oxygens (including phenoxy) is 1. The van der Waals surface area contributed by atoms with Crippen LogP contribution < -0.4 is 5.32 Å². The summed E-state index contributed by atoms with van der Waals surface area (Å²) in [5.41, 5.74) is 0. The lowest BCUT2D eigenvalue weighted by Crippen LogP contribution is -2.46. The van der Waals surface area contributed by atoms with Gasteiger partial charge in [-0.25, -0.2) is 0 Å². The minimum Gasteiger partial charge on any atom is -0.462 e. The average Bonchev–Trinajstić information content (AvgIpc) is 3.24. The van der Waals surface area contributed by atoms with E-state index in [1.807, 2.05) is 24.3 Å². The van der Waals surface area contributed by atoms with Gasteiger partial charge in [0.05, 0.1) is 25.2 Å². The molecular formula is C54H95NO5. The highest BCUT2D eigenvalue weighted by molar-refractivity contribution is 5.77. The first-order valence-corrected chi connectivity index (χ1v) is 25.2. The van der Waals surface area contributed by atoms with E-state index in [4.69, 9.17) is 4.74 Å². The van der Waals surface area contributed by atoms with E-state index in [9.17, 15) is 19.8 Å². The van der Waals surface area contributed by atoms with Crippen molar-refractivity contribution in [3.63, 3.8) is 0 Å². The van der Waals surface area contributed by atoms with Gasteiger partial charge in [0.25, 0.3) is 0 Å². The van der Waals surface area contributed by atoms with Gasteiger partial charge in [0.1, 0.15) is 6.10 Å². The summed E-state index contributed by atoms with van der Waals surface area (Å²) in [6.45, 7) is 6.36. The minimum absolute atomic E-state index is 0.0436. The van der Waals surface area contributed by atoms with Crippen molar-refractivity contribution in [2.24, 2.45) is 0 Å². The molecule has 0 spiro atoms. The van der Waals surface area contributed by atoms with E-state index in [1.165, 1.54) is 103 Å². The molecule has 0 heterocycles. The van der Waals surface area contributed by atoms with Gasteiger partial charge in [-0.05, 0) is 64.2 Å². The Morgan fingerprint density at radius 1 is 0.483 bits per heavy atom. The number of allylic oxidation sites excluding steroid dienone is 12. The maximum Gasteiger partial charge on any atom is 0.306 e. The van der Waals surface area contributed by atoms with E-state index < -0.39 is 18.2 Å². The lowest BCUT2D eigenvalue weighted by atomic mass is 10.0. The van der Waals surface area contributed by atoms with E-state index in [0.717, 1.165) is 83.5 Å². The Morgan fingerprint density at radius 2 is 0.917 bits per heavy atom. The molecule has 0 saturated heterocycles. The third-order valence-corrected chi connectivity index (χ3v) is 11.1. The largest absolute Gasteiger partial charge is 0.462 e. The summed E-state index contributed by atoms with van der Waals surface area (Å²) in [5, 5.41) is 23.7. The van der Waals surface area contributed by atoms with Gasteiger partial charge in [-0.15, -0.1) is 0 Å². The van der Waals surface area contributed by atoms with Gasteiger partial charge in [0, 0.05) is 6.42 Å². The maximum atomic E-state index is 13.2. The lowest BCUT2D eigenvalue weighted by molar-refractivity contribution is -0.151. The number of aliphatic hydroxyl groups is 2. The fourth-order valence-corrected chi connectivity index (χ4v) is 7.28. The van der Waals surface area contributed by atoms with Gasteiger partial charge in [-0.1, -0.05) is 229 Å². The van der Waals surface area contributed by atoms with Crippen LogP contribution in [0.2, 0.25) is 0 Å². The van der Waals surface area contributed by atoms with E-state index >= 15 is 0 Å². The first kappa shape index (κ1) is 57.3. The molecule has 0 saturated carbocycles. The van der Waals surface area contributed by atoms with Gasteiger partial charge in [-0.3, -0.25) is 9.59 Å². The zero-order valence-corrected chi connectivity index (χ0v) is 39.3. The molecule has 0 aliphatic rings. The molecule has 0 aromatic carbocycles. The maximum absolute atomic E-state index is 13.2. The zero-order valence-electron chi connectivity index (χ0n) is 39.3. The number of aliphatic hydroxyl groups excluding tert-OH is 2. The van der Waals surface area contributed by atoms with Crippen LogP contribution in [0.4, 0.5) is 0 Å². The predicted octanol–water partition coefficient (Wildman–Crippen LogP) is 15.0. The Balaban J connectivity index is 4.65. The first-order valence-electron chi connectivity index (χ1n) is 25.2. The zero-order chi connectivity index (χ0) is 43.8. The molecule has 6 nitrogen and oxygen atoms in total. The van der Waals surface area contributed by atoms with Gasteiger partial charge in [0.15, 0.2) is 0 Å². The van der Waals surface area contributed by atoms with Crippen LogP contribution >= 0.6 is 0 Å². The highest BCUT2D eigenvalue weighted by atomic mass is 16.5. The predicted molar refractivity (Wildman–Crippen MR) is 259 cm³/mol. The van der Waals surface area contributed by atoms with E-state index in [2.05, 4.69) is 74.7 Å². The lowest BCUT2D eigenvalue weighted by Gasteiger charge is -2.24. The molecule has 0 aliphatic heterocycles. The summed E-state index contributed by atoms with van der Waals surface area (Å²) < 4.78 is 5.90. The van der Waals surface area contributed by atoms with E-state index in [1.54, 1.807) is 0 Å². The van der Waals surface area contributed by atoms with Crippen molar-refractivity contribution in [3.8, 4) is 0 Å². The Morgan fingerprint density at radius 3 is 1.43 bits per heavy atom. The number of esters is 1. The van der Waals surface area contributed by atoms with Crippen molar-refractivity contribution in [2.45, 2.75) is 251 Å². The van der Waals surface area contributed by atoms with Crippen molar-refractivity contribution in [2.75, 3.05) is 6.61 Å². The Hall–Kier alpha value is -2.70. The highest BCUT2D eigenvalue weighted by Gasteiger charge is 2.24. The molecule has 6 heteroatoms. The molecule has 346 valence electrons. The number of hydrogen-bond acceptors (Lipinski definition) is 5. The van der Waals surface area contributed by atoms with Crippen molar-refractivity contribution in [1.82, 2.24) is 5.32 Å². The van der Waals surface area contributed by atoms with Gasteiger partial charge in [0.2, 0.25) is 5.91 Å². The molecule has 1 amide bonds. The molecule has 60 heavy (non-hydrogen) atoms. The Bertz CT molecular complexity index is 1120. The SMILES string of the molecule is CCC/C=C/C=C/C=C/C=C/C=C/CCCCCCCC(=O)OC(CCC/C=C\CCCCCCCCC)CC(=O)NC(CO)C(O)CCCCCCCCCCCCC. The van der Waals surface area contributed by atoms with Crippen LogP contribution in [0.5, 0.6) is 0 Å². The van der Waals surface area contributed by atoms with Crippen molar-refractivity contribution < 1.29 is 24.5 Å². The quantitative estimate of drug-likeness (QED) is 0.0246. The van der Waals surface area contributed by atoms with Crippen molar-refractivity contribution in [3.05, 3.63) is 72.9 Å². The molecule has 0 fully saturated rings. The Labute approximate surface area is 371 Å². The number of carbonyl (C=O) groups is 2. The van der Waals surface area contributed by atoms with Gasteiger partial charge >= 0.3 is 5.97 Å². The number of amides is 1. The topological polar surface area (TPSA) is 95.9 Å². The van der Waals surface area contributed by atoms with Crippen LogP contribution in [0.3, 0.4) is 0 Å². The fraction of sp³-hybridized carbons (Fsp3) is 0.741. The van der Waals surface area contributed by atoms with Crippen LogP contribution in [-0.4, -0.2) is 46.9 Å². The molecule has 0 aromatic rings. The molecule has 0 rings (SSSR count). The van der Waals surface area contributed by atoms with Crippen LogP contribution in [0.15, 0.2) is 72.9 Å². The van der Waals surface area contributed by atoms with Gasteiger partial charge in [-0.2, -0.15) is 0 Å². The molecule has 0 radical (unpaired) electrons. The van der Waals surface area contributed by atoms with Crippen LogP contribution in [-0.2, 0) is 14.3 Å².